The fraction of sp³-hybridized carbons (Fsp3) is 0.750. The Morgan fingerprint density at radius 1 is 1.23 bits per heavy atom. The summed E-state index contributed by atoms with van der Waals surface area (Å²) in [6, 6.07) is 0.314. The largest absolute Gasteiger partial charge is 0.498 e. The molecule has 1 unspecified atom stereocenters. The molecule has 1 atom stereocenters. The smallest absolute Gasteiger partial charge is 0.463 e. The SMILES string of the molecule is CC1(C)OB(c2cnc(OCCC3CCN(C(=O)C(O)CO)CC3)nc2)OC1(C)C. The second kappa shape index (κ2) is 9.17. The van der Waals surface area contributed by atoms with Crippen LogP contribution in [0.25, 0.3) is 0 Å². The third-order valence-corrected chi connectivity index (χ3v) is 6.31. The van der Waals surface area contributed by atoms with E-state index < -0.39 is 36.9 Å². The van der Waals surface area contributed by atoms with E-state index in [-0.39, 0.29) is 0 Å². The summed E-state index contributed by atoms with van der Waals surface area (Å²) < 4.78 is 17.7. The molecule has 30 heavy (non-hydrogen) atoms. The predicted octanol–water partition coefficient (Wildman–Crippen LogP) is 0.137. The Morgan fingerprint density at radius 3 is 2.33 bits per heavy atom. The third kappa shape index (κ3) is 5.11. The van der Waals surface area contributed by atoms with Crippen molar-refractivity contribution in [2.45, 2.75) is 64.3 Å². The van der Waals surface area contributed by atoms with Gasteiger partial charge in [-0.25, -0.2) is 9.97 Å². The molecule has 3 rings (SSSR count). The lowest BCUT2D eigenvalue weighted by Gasteiger charge is -2.32. The summed E-state index contributed by atoms with van der Waals surface area (Å²) >= 11 is 0. The lowest BCUT2D eigenvalue weighted by Crippen LogP contribution is -2.45. The average Bonchev–Trinajstić information content (AvgIpc) is 2.95. The van der Waals surface area contributed by atoms with Crippen LogP contribution in [-0.4, -0.2) is 81.7 Å². The van der Waals surface area contributed by atoms with Crippen LogP contribution in [0.5, 0.6) is 6.01 Å². The van der Waals surface area contributed by atoms with Crippen LogP contribution in [0, 0.1) is 5.92 Å². The van der Waals surface area contributed by atoms with Crippen LogP contribution in [0.15, 0.2) is 12.4 Å². The van der Waals surface area contributed by atoms with Gasteiger partial charge in [-0.3, -0.25) is 4.79 Å². The zero-order valence-corrected chi connectivity index (χ0v) is 18.2. The van der Waals surface area contributed by atoms with Crippen molar-refractivity contribution < 1.29 is 29.1 Å². The van der Waals surface area contributed by atoms with Crippen LogP contribution in [-0.2, 0) is 14.1 Å². The molecule has 0 radical (unpaired) electrons. The van der Waals surface area contributed by atoms with E-state index in [0.29, 0.717) is 31.6 Å². The molecule has 1 amide bonds. The van der Waals surface area contributed by atoms with E-state index in [1.54, 1.807) is 17.3 Å². The van der Waals surface area contributed by atoms with E-state index in [2.05, 4.69) is 9.97 Å². The standard InChI is InChI=1S/C20H32BN3O6/c1-19(2)20(3,4)30-21(29-19)15-11-22-18(23-12-15)28-10-7-14-5-8-24(9-6-14)17(27)16(26)13-25/h11-12,14,16,25-26H,5-10,13H2,1-4H3. The Hall–Kier alpha value is -1.75. The number of carbonyl (C=O) groups excluding carboxylic acids is 1. The van der Waals surface area contributed by atoms with Gasteiger partial charge in [0.2, 0.25) is 0 Å². The number of ether oxygens (including phenoxy) is 1. The number of carbonyl (C=O) groups is 1. The number of hydrogen-bond acceptors (Lipinski definition) is 8. The minimum atomic E-state index is -1.32. The Kier molecular flexibility index (Phi) is 7.01. The Balaban J connectivity index is 1.41. The van der Waals surface area contributed by atoms with Crippen LogP contribution >= 0.6 is 0 Å². The number of amides is 1. The number of piperidine rings is 1. The van der Waals surface area contributed by atoms with Crippen LogP contribution in [0.1, 0.15) is 47.0 Å². The number of likely N-dealkylation sites (tertiary alicyclic amines) is 1. The summed E-state index contributed by atoms with van der Waals surface area (Å²) in [5, 5.41) is 18.4. The molecule has 9 nitrogen and oxygen atoms in total. The molecule has 10 heteroatoms. The molecule has 1 aromatic heterocycles. The summed E-state index contributed by atoms with van der Waals surface area (Å²) in [5.41, 5.74) is -0.0741. The van der Waals surface area contributed by atoms with Crippen molar-refractivity contribution in [2.24, 2.45) is 5.92 Å². The van der Waals surface area contributed by atoms with Gasteiger partial charge in [-0.2, -0.15) is 0 Å². The highest BCUT2D eigenvalue weighted by Gasteiger charge is 2.52. The number of hydrogen-bond donors (Lipinski definition) is 2. The van der Waals surface area contributed by atoms with Gasteiger partial charge < -0.3 is 29.2 Å². The number of aliphatic hydroxyl groups excluding tert-OH is 2. The minimum absolute atomic E-state index is 0.314. The first-order valence-corrected chi connectivity index (χ1v) is 10.5. The first-order valence-electron chi connectivity index (χ1n) is 10.5. The van der Waals surface area contributed by atoms with Gasteiger partial charge in [-0.1, -0.05) is 0 Å². The highest BCUT2D eigenvalue weighted by molar-refractivity contribution is 6.61. The van der Waals surface area contributed by atoms with Gasteiger partial charge in [-0.15, -0.1) is 0 Å². The summed E-state index contributed by atoms with van der Waals surface area (Å²) in [7, 11) is -0.499. The van der Waals surface area contributed by atoms with Gasteiger partial charge in [0.15, 0.2) is 6.10 Å². The van der Waals surface area contributed by atoms with Crippen LogP contribution in [0.2, 0.25) is 0 Å². The van der Waals surface area contributed by atoms with Crippen molar-refractivity contribution in [2.75, 3.05) is 26.3 Å². The Labute approximate surface area is 177 Å². The van der Waals surface area contributed by atoms with Crippen LogP contribution in [0.3, 0.4) is 0 Å². The summed E-state index contributed by atoms with van der Waals surface area (Å²) in [5.74, 6) is 0.0343. The maximum absolute atomic E-state index is 11.9. The van der Waals surface area contributed by atoms with Gasteiger partial charge in [0.25, 0.3) is 5.91 Å². The highest BCUT2D eigenvalue weighted by atomic mass is 16.7. The molecule has 2 fully saturated rings. The van der Waals surface area contributed by atoms with Crippen LogP contribution < -0.4 is 10.2 Å². The lowest BCUT2D eigenvalue weighted by atomic mass is 9.81. The number of rotatable bonds is 7. The molecule has 0 spiro atoms. The molecule has 0 saturated carbocycles. The molecule has 0 bridgehead atoms. The quantitative estimate of drug-likeness (QED) is 0.598. The molecule has 2 aliphatic heterocycles. The molecule has 2 N–H and O–H groups in total. The van der Waals surface area contributed by atoms with Gasteiger partial charge in [0.1, 0.15) is 0 Å². The molecule has 2 aliphatic rings. The van der Waals surface area contributed by atoms with Gasteiger partial charge in [0.05, 0.1) is 24.4 Å². The lowest BCUT2D eigenvalue weighted by molar-refractivity contribution is -0.143. The van der Waals surface area contributed by atoms with Crippen molar-refractivity contribution in [3.63, 3.8) is 0 Å². The maximum Gasteiger partial charge on any atom is 0.498 e. The zero-order valence-electron chi connectivity index (χ0n) is 18.2. The second-order valence-corrected chi connectivity index (χ2v) is 8.99. The van der Waals surface area contributed by atoms with Crippen molar-refractivity contribution in [3.05, 3.63) is 12.4 Å². The summed E-state index contributed by atoms with van der Waals surface area (Å²) in [6.45, 7) is 9.12. The monoisotopic (exact) mass is 421 g/mol. The fourth-order valence-corrected chi connectivity index (χ4v) is 3.55. The zero-order chi connectivity index (χ0) is 21.9. The van der Waals surface area contributed by atoms with Gasteiger partial charge in [0, 0.05) is 30.9 Å². The van der Waals surface area contributed by atoms with E-state index >= 15 is 0 Å². The first kappa shape index (κ1) is 22.9. The van der Waals surface area contributed by atoms with Crippen molar-refractivity contribution in [1.82, 2.24) is 14.9 Å². The molecule has 1 aromatic rings. The number of aromatic nitrogens is 2. The van der Waals surface area contributed by atoms with Gasteiger partial charge >= 0.3 is 13.1 Å². The molecule has 3 heterocycles. The van der Waals surface area contributed by atoms with Crippen LogP contribution in [0.4, 0.5) is 0 Å². The molecule has 0 aliphatic carbocycles. The van der Waals surface area contributed by atoms with E-state index in [0.717, 1.165) is 24.7 Å². The maximum atomic E-state index is 11.9. The van der Waals surface area contributed by atoms with E-state index in [4.69, 9.17) is 19.2 Å². The predicted molar refractivity (Wildman–Crippen MR) is 110 cm³/mol. The molecular formula is C20H32BN3O6. The summed E-state index contributed by atoms with van der Waals surface area (Å²) in [6.07, 6.45) is 4.54. The molecule has 0 aromatic carbocycles. The first-order chi connectivity index (χ1) is 14.1. The minimum Gasteiger partial charge on any atom is -0.463 e. The normalized spacial score (nSPS) is 22.2. The van der Waals surface area contributed by atoms with E-state index in [1.165, 1.54) is 0 Å². The van der Waals surface area contributed by atoms with Crippen molar-refractivity contribution >= 4 is 18.5 Å². The van der Waals surface area contributed by atoms with Gasteiger partial charge in [-0.05, 0) is 52.9 Å². The fourth-order valence-electron chi connectivity index (χ4n) is 3.55. The van der Waals surface area contributed by atoms with E-state index in [1.807, 2.05) is 27.7 Å². The summed E-state index contributed by atoms with van der Waals surface area (Å²) in [4.78, 5) is 22.0. The van der Waals surface area contributed by atoms with E-state index in [9.17, 15) is 9.90 Å². The Morgan fingerprint density at radius 2 is 1.80 bits per heavy atom. The highest BCUT2D eigenvalue weighted by Crippen LogP contribution is 2.36. The average molecular weight is 421 g/mol. The molecule has 166 valence electrons. The number of aliphatic hydroxyl groups is 2. The van der Waals surface area contributed by atoms with Crippen molar-refractivity contribution in [3.8, 4) is 6.01 Å². The second-order valence-electron chi connectivity index (χ2n) is 8.99. The molecular weight excluding hydrogens is 389 g/mol. The Bertz CT molecular complexity index is 706. The number of nitrogens with zero attached hydrogens (tertiary/aromatic N) is 3. The molecule has 2 saturated heterocycles. The third-order valence-electron chi connectivity index (χ3n) is 6.31. The van der Waals surface area contributed by atoms with Crippen molar-refractivity contribution in [1.29, 1.82) is 0 Å². The topological polar surface area (TPSA) is 114 Å².